The number of nitrogen functional groups attached to an aromatic ring is 1. The topological polar surface area (TPSA) is 165 Å². The number of rotatable bonds is 6. The van der Waals surface area contributed by atoms with E-state index >= 15 is 0 Å². The molecule has 1 fully saturated rings. The molecule has 1 saturated heterocycles. The van der Waals surface area contributed by atoms with Crippen LogP contribution in [0.2, 0.25) is 5.02 Å². The van der Waals surface area contributed by atoms with Crippen molar-refractivity contribution in [3.8, 4) is 5.88 Å². The maximum Gasteiger partial charge on any atom is 0.270 e. The minimum absolute atomic E-state index is 0.191. The fourth-order valence-electron chi connectivity index (χ4n) is 4.66. The van der Waals surface area contributed by atoms with Crippen LogP contribution in [0.5, 0.6) is 5.88 Å². The molecule has 11 nitrogen and oxygen atoms in total. The van der Waals surface area contributed by atoms with Crippen LogP contribution in [0, 0.1) is 0 Å². The van der Waals surface area contributed by atoms with Crippen molar-refractivity contribution < 1.29 is 14.3 Å². The second-order valence-electron chi connectivity index (χ2n) is 9.72. The number of nitrogens with one attached hydrogen (secondary N) is 1. The molecule has 0 bridgehead atoms. The number of hydrogen-bond donors (Lipinski definition) is 4. The Hall–Kier alpha value is -3.42. The first kappa shape index (κ1) is 27.2. The van der Waals surface area contributed by atoms with Gasteiger partial charge in [-0.3, -0.25) is 14.2 Å². The van der Waals surface area contributed by atoms with Gasteiger partial charge in [-0.05, 0) is 37.8 Å². The third-order valence-electron chi connectivity index (χ3n) is 7.01. The Morgan fingerprint density at radius 2 is 2.00 bits per heavy atom. The van der Waals surface area contributed by atoms with Gasteiger partial charge in [-0.2, -0.15) is 4.98 Å². The lowest BCUT2D eigenvalue weighted by Crippen LogP contribution is -2.52. The van der Waals surface area contributed by atoms with E-state index in [0.717, 1.165) is 24.6 Å². The van der Waals surface area contributed by atoms with Gasteiger partial charge in [0.25, 0.3) is 11.5 Å². The maximum atomic E-state index is 13.2. The van der Waals surface area contributed by atoms with Gasteiger partial charge in [0.05, 0.1) is 16.9 Å². The number of nitrogens with zero attached hydrogens (tertiary/aromatic N) is 5. The summed E-state index contributed by atoms with van der Waals surface area (Å²) in [5, 5.41) is 13.5. The van der Waals surface area contributed by atoms with Crippen LogP contribution in [0.25, 0.3) is 0 Å². The Labute approximate surface area is 232 Å². The van der Waals surface area contributed by atoms with Gasteiger partial charge < -0.3 is 26.8 Å². The molecule has 6 N–H and O–H groups in total. The minimum atomic E-state index is -0.811. The Morgan fingerprint density at radius 3 is 2.72 bits per heavy atom. The van der Waals surface area contributed by atoms with Crippen molar-refractivity contribution in [3.05, 3.63) is 51.2 Å². The van der Waals surface area contributed by atoms with Crippen LogP contribution in [0.1, 0.15) is 41.9 Å². The fourth-order valence-corrected chi connectivity index (χ4v) is 5.76. The number of amides is 1. The SMILES string of the molecule is Nc1nc(N2CCC(N)(CF)CC2)cnc1Sc1cccc(NC(=O)c2c(O)nc3n(c2=O)CCCC3)c1Cl. The number of fused-ring (bicyclic) bond motifs is 1. The summed E-state index contributed by atoms with van der Waals surface area (Å²) in [6.07, 6.45) is 4.82. The second kappa shape index (κ2) is 11.0. The normalized spacial score (nSPS) is 16.5. The Bertz CT molecular complexity index is 1480. The summed E-state index contributed by atoms with van der Waals surface area (Å²) in [7, 11) is 0. The molecular formula is C25H28ClFN8O3S. The molecular weight excluding hydrogens is 547 g/mol. The smallest absolute Gasteiger partial charge is 0.270 e. The number of piperidine rings is 1. The zero-order valence-electron chi connectivity index (χ0n) is 21.0. The molecule has 0 unspecified atom stereocenters. The molecule has 1 amide bonds. The van der Waals surface area contributed by atoms with Crippen LogP contribution in [0.3, 0.4) is 0 Å². The van der Waals surface area contributed by atoms with E-state index in [1.165, 1.54) is 4.57 Å². The molecule has 0 atom stereocenters. The van der Waals surface area contributed by atoms with Gasteiger partial charge in [-0.1, -0.05) is 29.4 Å². The molecule has 14 heteroatoms. The van der Waals surface area contributed by atoms with E-state index in [9.17, 15) is 19.1 Å². The molecule has 0 radical (unpaired) electrons. The van der Waals surface area contributed by atoms with E-state index < -0.39 is 35.1 Å². The fraction of sp³-hybridized carbons (Fsp3) is 0.400. The summed E-state index contributed by atoms with van der Waals surface area (Å²) in [6.45, 7) is 0.979. The number of carbonyl (C=O) groups is 1. The number of benzene rings is 1. The van der Waals surface area contributed by atoms with E-state index in [4.69, 9.17) is 23.1 Å². The molecule has 0 saturated carbocycles. The van der Waals surface area contributed by atoms with Crippen molar-refractivity contribution in [2.24, 2.45) is 5.73 Å². The lowest BCUT2D eigenvalue weighted by atomic mass is 9.90. The van der Waals surface area contributed by atoms with E-state index in [1.807, 2.05) is 4.90 Å². The van der Waals surface area contributed by atoms with Crippen molar-refractivity contribution in [1.82, 2.24) is 19.5 Å². The van der Waals surface area contributed by atoms with Gasteiger partial charge in [0.15, 0.2) is 11.4 Å². The van der Waals surface area contributed by atoms with Crippen molar-refractivity contribution in [2.45, 2.75) is 54.1 Å². The molecule has 0 spiro atoms. The number of halogens is 2. The summed E-state index contributed by atoms with van der Waals surface area (Å²) in [4.78, 5) is 41.4. The minimum Gasteiger partial charge on any atom is -0.493 e. The van der Waals surface area contributed by atoms with Gasteiger partial charge in [0, 0.05) is 36.5 Å². The van der Waals surface area contributed by atoms with E-state index in [-0.39, 0.29) is 16.5 Å². The third-order valence-corrected chi connectivity index (χ3v) is 8.59. The third kappa shape index (κ3) is 5.52. The predicted molar refractivity (Wildman–Crippen MR) is 147 cm³/mol. The number of aryl methyl sites for hydroxylation is 1. The van der Waals surface area contributed by atoms with Gasteiger partial charge in [-0.15, -0.1) is 0 Å². The number of aromatic nitrogens is 4. The summed E-state index contributed by atoms with van der Waals surface area (Å²) >= 11 is 7.76. The molecule has 39 heavy (non-hydrogen) atoms. The van der Waals surface area contributed by atoms with Crippen LogP contribution < -0.4 is 27.2 Å². The monoisotopic (exact) mass is 574 g/mol. The van der Waals surface area contributed by atoms with Gasteiger partial charge in [0.2, 0.25) is 5.88 Å². The average molecular weight is 575 g/mol. The first-order valence-electron chi connectivity index (χ1n) is 12.5. The molecule has 5 rings (SSSR count). The summed E-state index contributed by atoms with van der Waals surface area (Å²) < 4.78 is 14.6. The highest BCUT2D eigenvalue weighted by Crippen LogP contribution is 2.39. The second-order valence-corrected chi connectivity index (χ2v) is 11.1. The first-order valence-corrected chi connectivity index (χ1v) is 13.7. The number of alkyl halides is 1. The molecule has 3 aromatic rings. The Morgan fingerprint density at radius 1 is 1.23 bits per heavy atom. The predicted octanol–water partition coefficient (Wildman–Crippen LogP) is 2.98. The van der Waals surface area contributed by atoms with Crippen LogP contribution >= 0.6 is 23.4 Å². The molecule has 206 valence electrons. The zero-order chi connectivity index (χ0) is 27.7. The van der Waals surface area contributed by atoms with Crippen LogP contribution in [-0.2, 0) is 13.0 Å². The van der Waals surface area contributed by atoms with Crippen molar-refractivity contribution in [3.63, 3.8) is 0 Å². The summed E-state index contributed by atoms with van der Waals surface area (Å²) in [5.74, 6) is -0.180. The van der Waals surface area contributed by atoms with E-state index in [1.54, 1.807) is 24.4 Å². The average Bonchev–Trinajstić information content (AvgIpc) is 2.92. The van der Waals surface area contributed by atoms with Crippen molar-refractivity contribution >= 4 is 46.6 Å². The number of aromatic hydroxyl groups is 1. The highest BCUT2D eigenvalue weighted by atomic mass is 35.5. The van der Waals surface area contributed by atoms with Crippen LogP contribution in [0.15, 0.2) is 39.1 Å². The molecule has 0 aliphatic carbocycles. The number of carbonyl (C=O) groups excluding carboxylic acids is 1. The number of nitrogens with two attached hydrogens (primary N) is 2. The molecule has 2 aliphatic heterocycles. The summed E-state index contributed by atoms with van der Waals surface area (Å²) in [5.41, 5.74) is 10.6. The van der Waals surface area contributed by atoms with Gasteiger partial charge in [0.1, 0.15) is 23.3 Å². The van der Waals surface area contributed by atoms with Crippen LogP contribution in [-0.4, -0.2) is 55.8 Å². The molecule has 2 aromatic heterocycles. The molecule has 2 aliphatic rings. The first-order chi connectivity index (χ1) is 18.7. The Kier molecular flexibility index (Phi) is 7.65. The maximum absolute atomic E-state index is 13.2. The highest BCUT2D eigenvalue weighted by molar-refractivity contribution is 7.99. The molecule has 4 heterocycles. The van der Waals surface area contributed by atoms with E-state index in [2.05, 4.69) is 20.3 Å². The quantitative estimate of drug-likeness (QED) is 0.344. The number of anilines is 3. The van der Waals surface area contributed by atoms with Gasteiger partial charge in [-0.25, -0.2) is 14.4 Å². The Balaban J connectivity index is 1.32. The summed E-state index contributed by atoms with van der Waals surface area (Å²) in [6, 6.07) is 4.98. The van der Waals surface area contributed by atoms with E-state index in [0.29, 0.717) is 60.5 Å². The van der Waals surface area contributed by atoms with Crippen molar-refractivity contribution in [1.29, 1.82) is 0 Å². The lowest BCUT2D eigenvalue weighted by molar-refractivity contribution is 0.102. The van der Waals surface area contributed by atoms with Crippen LogP contribution in [0.4, 0.5) is 21.7 Å². The largest absolute Gasteiger partial charge is 0.493 e. The molecule has 1 aromatic carbocycles. The zero-order valence-corrected chi connectivity index (χ0v) is 22.6. The highest BCUT2D eigenvalue weighted by Gasteiger charge is 2.31. The van der Waals surface area contributed by atoms with Gasteiger partial charge >= 0.3 is 0 Å². The lowest BCUT2D eigenvalue weighted by Gasteiger charge is -2.37. The standard InChI is InChI=1S/C25H28ClFN8O3S/c26-19-14(31-21(36)18-22(37)33-16-6-1-2-9-35(16)24(18)38)4-3-5-15(19)39-23-20(28)32-17(12-30-23)34-10-7-25(29,13-27)8-11-34/h3-5,12,37H,1-2,6-11,13,29H2,(H2,28,32)(H,31,36). The number of hydrogen-bond acceptors (Lipinski definition) is 10. The van der Waals surface area contributed by atoms with Crippen molar-refractivity contribution in [2.75, 3.05) is 35.7 Å².